The first-order valence-corrected chi connectivity index (χ1v) is 5.70. The number of rotatable bonds is 2. The molecule has 1 aromatic rings. The summed E-state index contributed by atoms with van der Waals surface area (Å²) in [5.74, 6) is 0.456. The summed E-state index contributed by atoms with van der Waals surface area (Å²) in [5, 5.41) is 9.78. The quantitative estimate of drug-likeness (QED) is 0.797. The van der Waals surface area contributed by atoms with Crippen molar-refractivity contribution in [3.05, 3.63) is 35.9 Å². The number of hydrogen-bond acceptors (Lipinski definition) is 2. The van der Waals surface area contributed by atoms with Crippen LogP contribution < -0.4 is 0 Å². The molecule has 0 saturated carbocycles. The molecule has 1 heterocycles. The number of benzene rings is 1. The summed E-state index contributed by atoms with van der Waals surface area (Å²) >= 11 is 0. The maximum atomic E-state index is 9.78. The monoisotopic (exact) mass is 205 g/mol. The number of hydrogen-bond donors (Lipinski definition) is 1. The van der Waals surface area contributed by atoms with Crippen LogP contribution in [-0.2, 0) is 6.54 Å². The molecule has 2 heteroatoms. The molecule has 2 atom stereocenters. The van der Waals surface area contributed by atoms with Gasteiger partial charge in [0.25, 0.3) is 0 Å². The fourth-order valence-electron chi connectivity index (χ4n) is 2.10. The second-order valence-corrected chi connectivity index (χ2v) is 4.55. The van der Waals surface area contributed by atoms with Gasteiger partial charge in [-0.05, 0) is 24.4 Å². The van der Waals surface area contributed by atoms with E-state index in [1.165, 1.54) is 5.56 Å². The van der Waals surface area contributed by atoms with Gasteiger partial charge in [0, 0.05) is 13.1 Å². The fourth-order valence-corrected chi connectivity index (χ4v) is 2.10. The van der Waals surface area contributed by atoms with Crippen molar-refractivity contribution in [1.82, 2.24) is 4.90 Å². The van der Waals surface area contributed by atoms with E-state index in [-0.39, 0.29) is 6.10 Å². The number of β-amino-alcohol motifs (C(OH)–C–C–N with tert-alkyl or cyclic N) is 1. The molecule has 0 aromatic heterocycles. The van der Waals surface area contributed by atoms with Crippen LogP contribution in [0.15, 0.2) is 30.3 Å². The number of aliphatic hydroxyl groups is 1. The molecule has 1 N–H and O–H groups in total. The zero-order valence-electron chi connectivity index (χ0n) is 9.26. The largest absolute Gasteiger partial charge is 0.392 e. The van der Waals surface area contributed by atoms with Gasteiger partial charge in [-0.15, -0.1) is 0 Å². The molecule has 0 aliphatic carbocycles. The second-order valence-electron chi connectivity index (χ2n) is 4.55. The molecule has 1 saturated heterocycles. The average Bonchev–Trinajstić information content (AvgIpc) is 2.25. The first-order valence-electron chi connectivity index (χ1n) is 5.70. The fraction of sp³-hybridized carbons (Fsp3) is 0.538. The molecule has 2 nitrogen and oxygen atoms in total. The van der Waals surface area contributed by atoms with Crippen molar-refractivity contribution >= 4 is 0 Å². The Balaban J connectivity index is 1.91. The van der Waals surface area contributed by atoms with Crippen LogP contribution in [0.1, 0.15) is 18.9 Å². The van der Waals surface area contributed by atoms with Crippen LogP contribution in [0.5, 0.6) is 0 Å². The van der Waals surface area contributed by atoms with Crippen LogP contribution in [0.3, 0.4) is 0 Å². The highest BCUT2D eigenvalue weighted by atomic mass is 16.3. The Morgan fingerprint density at radius 3 is 2.73 bits per heavy atom. The SMILES string of the molecule is C[C@H]1CCN(Cc2ccccc2)C[C@@H]1O. The molecule has 15 heavy (non-hydrogen) atoms. The highest BCUT2D eigenvalue weighted by Crippen LogP contribution is 2.18. The summed E-state index contributed by atoms with van der Waals surface area (Å²) in [7, 11) is 0. The van der Waals surface area contributed by atoms with Gasteiger partial charge in [-0.1, -0.05) is 37.3 Å². The Morgan fingerprint density at radius 2 is 2.07 bits per heavy atom. The third-order valence-corrected chi connectivity index (χ3v) is 3.25. The van der Waals surface area contributed by atoms with Crippen molar-refractivity contribution in [2.75, 3.05) is 13.1 Å². The summed E-state index contributed by atoms with van der Waals surface area (Å²) in [6.07, 6.45) is 0.955. The van der Waals surface area contributed by atoms with Gasteiger partial charge in [-0.3, -0.25) is 4.90 Å². The van der Waals surface area contributed by atoms with Crippen molar-refractivity contribution in [3.63, 3.8) is 0 Å². The zero-order chi connectivity index (χ0) is 10.7. The van der Waals surface area contributed by atoms with Crippen molar-refractivity contribution in [2.45, 2.75) is 26.0 Å². The minimum atomic E-state index is -0.150. The topological polar surface area (TPSA) is 23.5 Å². The summed E-state index contributed by atoms with van der Waals surface area (Å²) in [6.45, 7) is 5.01. The van der Waals surface area contributed by atoms with Gasteiger partial charge in [0.15, 0.2) is 0 Å². The number of likely N-dealkylation sites (tertiary alicyclic amines) is 1. The molecule has 2 rings (SSSR count). The van der Waals surface area contributed by atoms with Gasteiger partial charge in [0.2, 0.25) is 0 Å². The van der Waals surface area contributed by atoms with Crippen molar-refractivity contribution in [2.24, 2.45) is 5.92 Å². The Morgan fingerprint density at radius 1 is 1.33 bits per heavy atom. The Bertz CT molecular complexity index is 299. The minimum Gasteiger partial charge on any atom is -0.392 e. The van der Waals surface area contributed by atoms with Crippen molar-refractivity contribution in [3.8, 4) is 0 Å². The Labute approximate surface area is 91.5 Å². The highest BCUT2D eigenvalue weighted by Gasteiger charge is 2.23. The van der Waals surface area contributed by atoms with E-state index in [1.54, 1.807) is 0 Å². The third kappa shape index (κ3) is 2.80. The molecule has 1 aromatic carbocycles. The summed E-state index contributed by atoms with van der Waals surface area (Å²) in [5.41, 5.74) is 1.33. The van der Waals surface area contributed by atoms with Crippen LogP contribution in [-0.4, -0.2) is 29.2 Å². The maximum Gasteiger partial charge on any atom is 0.0693 e. The molecule has 0 bridgehead atoms. The van der Waals surface area contributed by atoms with Gasteiger partial charge < -0.3 is 5.11 Å². The standard InChI is InChI=1S/C13H19NO/c1-11-7-8-14(10-13(11)15)9-12-5-3-2-4-6-12/h2-6,11,13,15H,7-10H2,1H3/t11-,13-/m0/s1. The van der Waals surface area contributed by atoms with Crippen LogP contribution >= 0.6 is 0 Å². The number of aliphatic hydroxyl groups excluding tert-OH is 1. The molecule has 1 aliphatic heterocycles. The van der Waals surface area contributed by atoms with E-state index in [2.05, 4.69) is 36.1 Å². The van der Waals surface area contributed by atoms with Gasteiger partial charge in [-0.2, -0.15) is 0 Å². The first-order chi connectivity index (χ1) is 7.25. The smallest absolute Gasteiger partial charge is 0.0693 e. The Hall–Kier alpha value is -0.860. The van der Waals surface area contributed by atoms with Crippen LogP contribution in [0, 0.1) is 5.92 Å². The minimum absolute atomic E-state index is 0.150. The predicted molar refractivity (Wildman–Crippen MR) is 61.5 cm³/mol. The predicted octanol–water partition coefficient (Wildman–Crippen LogP) is 1.89. The lowest BCUT2D eigenvalue weighted by molar-refractivity contribution is 0.0259. The Kier molecular flexibility index (Phi) is 3.39. The first kappa shape index (κ1) is 10.7. The van der Waals surface area contributed by atoms with Gasteiger partial charge in [0.1, 0.15) is 0 Å². The van der Waals surface area contributed by atoms with E-state index >= 15 is 0 Å². The normalized spacial score (nSPS) is 27.9. The summed E-state index contributed by atoms with van der Waals surface area (Å²) in [6, 6.07) is 10.5. The van der Waals surface area contributed by atoms with E-state index in [1.807, 2.05) is 6.07 Å². The van der Waals surface area contributed by atoms with Gasteiger partial charge in [-0.25, -0.2) is 0 Å². The average molecular weight is 205 g/mol. The molecule has 1 aliphatic rings. The van der Waals surface area contributed by atoms with Crippen molar-refractivity contribution in [1.29, 1.82) is 0 Å². The third-order valence-electron chi connectivity index (χ3n) is 3.25. The highest BCUT2D eigenvalue weighted by molar-refractivity contribution is 5.14. The second kappa shape index (κ2) is 4.77. The van der Waals surface area contributed by atoms with Crippen LogP contribution in [0.25, 0.3) is 0 Å². The van der Waals surface area contributed by atoms with E-state index in [0.717, 1.165) is 26.1 Å². The molecule has 1 fully saturated rings. The van der Waals surface area contributed by atoms with E-state index in [4.69, 9.17) is 0 Å². The molecular weight excluding hydrogens is 186 g/mol. The molecule has 0 spiro atoms. The van der Waals surface area contributed by atoms with E-state index in [0.29, 0.717) is 5.92 Å². The lowest BCUT2D eigenvalue weighted by Gasteiger charge is -2.34. The lowest BCUT2D eigenvalue weighted by Crippen LogP contribution is -2.42. The maximum absolute atomic E-state index is 9.78. The van der Waals surface area contributed by atoms with Crippen molar-refractivity contribution < 1.29 is 5.11 Å². The van der Waals surface area contributed by atoms with E-state index < -0.39 is 0 Å². The molecular formula is C13H19NO. The summed E-state index contributed by atoms with van der Waals surface area (Å²) in [4.78, 5) is 2.33. The summed E-state index contributed by atoms with van der Waals surface area (Å²) < 4.78 is 0. The molecule has 82 valence electrons. The zero-order valence-corrected chi connectivity index (χ0v) is 9.26. The number of piperidine rings is 1. The molecule has 0 unspecified atom stereocenters. The van der Waals surface area contributed by atoms with Gasteiger partial charge in [0.05, 0.1) is 6.10 Å². The van der Waals surface area contributed by atoms with Crippen LogP contribution in [0.4, 0.5) is 0 Å². The lowest BCUT2D eigenvalue weighted by atomic mass is 9.96. The van der Waals surface area contributed by atoms with Crippen LogP contribution in [0.2, 0.25) is 0 Å². The van der Waals surface area contributed by atoms with E-state index in [9.17, 15) is 5.11 Å². The number of nitrogens with zero attached hydrogens (tertiary/aromatic N) is 1. The van der Waals surface area contributed by atoms with Gasteiger partial charge >= 0.3 is 0 Å². The molecule has 0 radical (unpaired) electrons. The molecule has 0 amide bonds.